The van der Waals surface area contributed by atoms with Gasteiger partial charge in [0.05, 0.1) is 6.42 Å². The first-order valence-electron chi connectivity index (χ1n) is 34.1. The van der Waals surface area contributed by atoms with Crippen LogP contribution in [0, 0.1) is 11.7 Å². The van der Waals surface area contributed by atoms with Crippen molar-refractivity contribution in [2.24, 2.45) is 28.1 Å². The van der Waals surface area contributed by atoms with Gasteiger partial charge in [0.25, 0.3) is 0 Å². The highest BCUT2D eigenvalue weighted by molar-refractivity contribution is 6.01. The second-order valence-corrected chi connectivity index (χ2v) is 26.4. The number of halogens is 1. The molecule has 10 atom stereocenters. The standard InChI is InChI=1S/C73H87FN16O13/c1-40(2)31-53-64(95)81-52(15-8-28-78-73(76)77)72(103)90-30-10-17-61(90)71(102)88-59(63(75)94)39-80-62(93)37-58(69(100)83-54(34-43-21-26-49(92)27-22-43)65(96)84-56(67(98)82-53)35-44-18-23-45-11-4-5-12-46(45)32-44)86-68(99)57(36-47-38-79-51-14-7-6-13-50(47)51)85-66(97)55(33-42-19-24-48(74)25-20-42)87-70(101)60-16-9-29-89(60)41(3)91/h4-7,9,11-14,16,18-27,32,38,40,52-61,79,92H,8,10,15,17,28-31,33-37,39H2,1-3H3,(H2,75,94)(H,80,93)(H,81,95)(H,82,98)(H,83,100)(H,84,96)(H,85,97)(H,86,99)(H,87,101)(H,88,102)(H4,76,77,78)/t52-,53+,54+,55-,56+,57-,58+,59+,60-,61+/m1/s1. The third kappa shape index (κ3) is 20.7. The van der Waals surface area contributed by atoms with E-state index in [4.69, 9.17) is 17.2 Å². The second kappa shape index (κ2) is 35.1. The van der Waals surface area contributed by atoms with Gasteiger partial charge in [-0.1, -0.05) is 111 Å². The van der Waals surface area contributed by atoms with Crippen molar-refractivity contribution in [2.45, 2.75) is 145 Å². The van der Waals surface area contributed by atoms with Crippen LogP contribution in [-0.4, -0.2) is 183 Å². The maximum atomic E-state index is 15.5. The minimum atomic E-state index is -2.01. The molecule has 2 fully saturated rings. The molecule has 30 heteroatoms. The number of aromatic hydroxyl groups is 1. The molecule has 544 valence electrons. The summed E-state index contributed by atoms with van der Waals surface area (Å²) in [4.78, 5) is 185. The van der Waals surface area contributed by atoms with E-state index >= 15 is 24.0 Å². The number of phenolic OH excluding ortho intramolecular Hbond substituents is 1. The molecule has 3 aliphatic rings. The Labute approximate surface area is 592 Å². The largest absolute Gasteiger partial charge is 0.508 e. The van der Waals surface area contributed by atoms with Crippen LogP contribution in [0.2, 0.25) is 0 Å². The predicted molar refractivity (Wildman–Crippen MR) is 378 cm³/mol. The molecule has 5 aromatic carbocycles. The minimum Gasteiger partial charge on any atom is -0.508 e. The average Bonchev–Trinajstić information content (AvgIpc) is 1.80. The molecule has 9 rings (SSSR count). The molecule has 2 saturated heterocycles. The maximum Gasteiger partial charge on any atom is 0.247 e. The zero-order chi connectivity index (χ0) is 74.0. The monoisotopic (exact) mass is 1410 g/mol. The first-order chi connectivity index (χ1) is 49.3. The number of nitrogens with zero attached hydrogens (tertiary/aromatic N) is 3. The number of aromatic amines is 1. The van der Waals surface area contributed by atoms with Crippen LogP contribution in [0.15, 0.2) is 139 Å². The molecule has 12 amide bonds. The van der Waals surface area contributed by atoms with E-state index in [2.05, 4.69) is 57.8 Å². The van der Waals surface area contributed by atoms with Crippen molar-refractivity contribution in [3.8, 4) is 5.75 Å². The number of nitrogens with two attached hydrogens (primary N) is 3. The van der Waals surface area contributed by atoms with Gasteiger partial charge in [0.15, 0.2) is 5.96 Å². The number of nitrogens with one attached hydrogen (secondary N) is 10. The summed E-state index contributed by atoms with van der Waals surface area (Å²) in [6.45, 7) is 4.33. The maximum absolute atomic E-state index is 15.5. The van der Waals surface area contributed by atoms with E-state index < -0.39 is 150 Å². The van der Waals surface area contributed by atoms with Gasteiger partial charge < -0.3 is 84.9 Å². The van der Waals surface area contributed by atoms with Crippen LogP contribution in [0.3, 0.4) is 0 Å². The van der Waals surface area contributed by atoms with Gasteiger partial charge in [0, 0.05) is 75.9 Å². The quantitative estimate of drug-likeness (QED) is 0.0198. The highest BCUT2D eigenvalue weighted by atomic mass is 19.1. The van der Waals surface area contributed by atoms with Gasteiger partial charge in [0.2, 0.25) is 70.9 Å². The molecule has 0 saturated carbocycles. The van der Waals surface area contributed by atoms with Crippen molar-refractivity contribution in [3.05, 3.63) is 162 Å². The van der Waals surface area contributed by atoms with Crippen LogP contribution in [-0.2, 0) is 83.2 Å². The van der Waals surface area contributed by atoms with Gasteiger partial charge in [-0.2, -0.15) is 0 Å². The smallest absolute Gasteiger partial charge is 0.247 e. The molecule has 0 radical (unpaired) electrons. The number of benzene rings is 5. The highest BCUT2D eigenvalue weighted by Crippen LogP contribution is 2.24. The number of amides is 12. The zero-order valence-electron chi connectivity index (χ0n) is 57.2. The Kier molecular flexibility index (Phi) is 25.7. The number of carbonyl (C=O) groups is 12. The fourth-order valence-electron chi connectivity index (χ4n) is 12.8. The summed E-state index contributed by atoms with van der Waals surface area (Å²) in [7, 11) is 0. The number of fused-ring (bicyclic) bond motifs is 3. The lowest BCUT2D eigenvalue weighted by atomic mass is 9.98. The van der Waals surface area contributed by atoms with E-state index in [0.717, 1.165) is 22.9 Å². The van der Waals surface area contributed by atoms with E-state index in [9.17, 15) is 43.1 Å². The molecule has 0 unspecified atom stereocenters. The molecule has 4 heterocycles. The summed E-state index contributed by atoms with van der Waals surface area (Å²) in [6.07, 6.45) is 3.03. The molecule has 103 heavy (non-hydrogen) atoms. The molecule has 0 spiro atoms. The average molecular weight is 1420 g/mol. The van der Waals surface area contributed by atoms with Gasteiger partial charge >= 0.3 is 0 Å². The second-order valence-electron chi connectivity index (χ2n) is 26.4. The van der Waals surface area contributed by atoms with E-state index in [0.29, 0.717) is 39.6 Å². The van der Waals surface area contributed by atoms with Crippen LogP contribution in [0.25, 0.3) is 21.7 Å². The first kappa shape index (κ1) is 75.5. The van der Waals surface area contributed by atoms with E-state index in [-0.39, 0.29) is 88.6 Å². The Bertz CT molecular complexity index is 4200. The number of phenols is 1. The van der Waals surface area contributed by atoms with Crippen molar-refractivity contribution in [2.75, 3.05) is 26.2 Å². The Morgan fingerprint density at radius 2 is 1.32 bits per heavy atom. The Hall–Kier alpha value is -11.7. The van der Waals surface area contributed by atoms with Crippen LogP contribution < -0.4 is 65.1 Å². The fraction of sp³-hybridized carbons (Fsp3) is 0.384. The van der Waals surface area contributed by atoms with E-state index in [1.54, 1.807) is 56.5 Å². The van der Waals surface area contributed by atoms with E-state index in [1.807, 2.05) is 36.4 Å². The summed E-state index contributed by atoms with van der Waals surface area (Å²) < 4.78 is 14.3. The number of H-pyrrole nitrogens is 1. The lowest BCUT2D eigenvalue weighted by Gasteiger charge is -2.31. The Morgan fingerprint density at radius 3 is 2.02 bits per heavy atom. The van der Waals surface area contributed by atoms with Crippen LogP contribution in [0.5, 0.6) is 5.75 Å². The number of carbonyl (C=O) groups excluding carboxylic acids is 12. The van der Waals surface area contributed by atoms with Gasteiger partial charge in [0.1, 0.15) is 72.0 Å². The predicted octanol–water partition coefficient (Wildman–Crippen LogP) is 0.198. The molecule has 29 nitrogen and oxygen atoms in total. The normalized spacial score (nSPS) is 21.6. The number of para-hydroxylation sites is 1. The van der Waals surface area contributed by atoms with Gasteiger partial charge in [-0.05, 0) is 101 Å². The number of aromatic nitrogens is 1. The first-order valence-corrected chi connectivity index (χ1v) is 34.1. The number of guanidine groups is 1. The Morgan fingerprint density at radius 1 is 0.689 bits per heavy atom. The molecular weight excluding hydrogens is 1330 g/mol. The number of hydrogen-bond acceptors (Lipinski definition) is 14. The summed E-state index contributed by atoms with van der Waals surface area (Å²) in [5, 5.41) is 36.8. The summed E-state index contributed by atoms with van der Waals surface area (Å²) >= 11 is 0. The molecule has 3 aliphatic heterocycles. The van der Waals surface area contributed by atoms with Crippen molar-refractivity contribution in [1.29, 1.82) is 0 Å². The lowest BCUT2D eigenvalue weighted by Crippen LogP contribution is -2.61. The number of rotatable bonds is 21. The molecule has 0 aliphatic carbocycles. The van der Waals surface area contributed by atoms with Gasteiger partial charge in [-0.3, -0.25) is 62.5 Å². The summed E-state index contributed by atoms with van der Waals surface area (Å²) in [5.41, 5.74) is 19.5. The van der Waals surface area contributed by atoms with Crippen LogP contribution >= 0.6 is 0 Å². The van der Waals surface area contributed by atoms with E-state index in [1.165, 1.54) is 59.2 Å². The Balaban J connectivity index is 1.11. The summed E-state index contributed by atoms with van der Waals surface area (Å²) in [6, 6.07) is 15.3. The SMILES string of the molecule is CC(=O)N1CC=C[C@@H]1C(=O)N[C@H](Cc1ccc(F)cc1)C(=O)N[C@H](Cc1c[nH]c2ccccc12)C(=O)N[C@H]1CC(=O)NC[C@@H](C(N)=O)NC(=O)[C@@H]2CCCN2C(=O)[C@@H](CCCN=C(N)N)NC(=O)[C@H](CC(C)C)NC(=O)[C@H](Cc2ccc3ccccc3c2)NC(=O)[C@H](Cc2ccc(O)cc2)NC1=O. The van der Waals surface area contributed by atoms with Crippen molar-refractivity contribution in [1.82, 2.24) is 62.6 Å². The highest BCUT2D eigenvalue weighted by Gasteiger charge is 2.42. The zero-order valence-corrected chi connectivity index (χ0v) is 57.2. The number of primary amides is 1. The van der Waals surface area contributed by atoms with Crippen molar-refractivity contribution >= 4 is 98.5 Å². The van der Waals surface area contributed by atoms with Crippen molar-refractivity contribution in [3.63, 3.8) is 0 Å². The lowest BCUT2D eigenvalue weighted by molar-refractivity contribution is -0.142. The van der Waals surface area contributed by atoms with Crippen LogP contribution in [0.4, 0.5) is 4.39 Å². The number of aliphatic imine (C=N–C) groups is 1. The fourth-order valence-corrected chi connectivity index (χ4v) is 12.8. The molecular formula is C73H87FN16O13. The molecule has 0 bridgehead atoms. The van der Waals surface area contributed by atoms with Crippen LogP contribution in [0.1, 0.15) is 81.5 Å². The van der Waals surface area contributed by atoms with Gasteiger partial charge in [-0.25, -0.2) is 4.39 Å². The third-order valence-electron chi connectivity index (χ3n) is 18.2. The third-order valence-corrected chi connectivity index (χ3v) is 18.2. The molecule has 17 N–H and O–H groups in total. The van der Waals surface area contributed by atoms with Gasteiger partial charge in [-0.15, -0.1) is 0 Å². The summed E-state index contributed by atoms with van der Waals surface area (Å²) in [5.74, 6) is -12.1. The molecule has 1 aromatic heterocycles. The topological polar surface area (TPSA) is 446 Å². The minimum absolute atomic E-state index is 0.00451. The van der Waals surface area contributed by atoms with Crippen molar-refractivity contribution < 1.29 is 67.0 Å². The number of hydrogen-bond donors (Lipinski definition) is 14. The molecule has 6 aromatic rings.